The Morgan fingerprint density at radius 1 is 1.34 bits per heavy atom. The van der Waals surface area contributed by atoms with Gasteiger partial charge in [-0.05, 0) is 44.2 Å². The van der Waals surface area contributed by atoms with Gasteiger partial charge in [-0.3, -0.25) is 4.79 Å². The van der Waals surface area contributed by atoms with Gasteiger partial charge in [-0.1, -0.05) is 17.2 Å². The summed E-state index contributed by atoms with van der Waals surface area (Å²) in [5.74, 6) is -1.80. The van der Waals surface area contributed by atoms with E-state index in [1.54, 1.807) is 6.92 Å². The van der Waals surface area contributed by atoms with Crippen LogP contribution in [0.3, 0.4) is 0 Å². The van der Waals surface area contributed by atoms with Crippen LogP contribution in [0, 0.1) is 12.7 Å². The van der Waals surface area contributed by atoms with Gasteiger partial charge in [0.05, 0.1) is 11.2 Å². The SMILES string of the molecule is Cc1c(N2CCC(=C(Cl)CN)CC2)c(F)cc2c(=O)c(C(=O)O)cn(C3CC3)c12. The van der Waals surface area contributed by atoms with Crippen molar-refractivity contribution in [2.75, 3.05) is 24.5 Å². The van der Waals surface area contributed by atoms with Crippen molar-refractivity contribution < 1.29 is 14.3 Å². The molecule has 0 spiro atoms. The van der Waals surface area contributed by atoms with Crippen molar-refractivity contribution in [3.8, 4) is 0 Å². The molecule has 8 heteroatoms. The molecule has 1 aliphatic carbocycles. The number of nitrogens with zero attached hydrogens (tertiary/aromatic N) is 2. The molecule has 4 rings (SSSR count). The summed E-state index contributed by atoms with van der Waals surface area (Å²) in [7, 11) is 0. The molecule has 154 valence electrons. The molecule has 2 heterocycles. The lowest BCUT2D eigenvalue weighted by Crippen LogP contribution is -2.33. The van der Waals surface area contributed by atoms with Crippen molar-refractivity contribution in [3.05, 3.63) is 50.0 Å². The molecule has 0 radical (unpaired) electrons. The number of carboxylic acid groups (broad SMARTS) is 1. The zero-order valence-electron chi connectivity index (χ0n) is 16.2. The minimum atomic E-state index is -1.29. The molecule has 1 aromatic carbocycles. The lowest BCUT2D eigenvalue weighted by atomic mass is 9.99. The fourth-order valence-corrected chi connectivity index (χ4v) is 4.46. The molecule has 2 aliphatic rings. The topological polar surface area (TPSA) is 88.6 Å². The average molecular weight is 420 g/mol. The normalized spacial score (nSPS) is 17.1. The second-order valence-corrected chi connectivity index (χ2v) is 8.20. The van der Waals surface area contributed by atoms with E-state index in [0.717, 1.165) is 18.4 Å². The van der Waals surface area contributed by atoms with Crippen LogP contribution in [0.1, 0.15) is 47.6 Å². The lowest BCUT2D eigenvalue weighted by molar-refractivity contribution is 0.0695. The Hall–Kier alpha value is -2.38. The number of hydrogen-bond donors (Lipinski definition) is 2. The Labute approximate surface area is 172 Å². The number of carboxylic acids is 1. The van der Waals surface area contributed by atoms with Crippen LogP contribution in [0.4, 0.5) is 10.1 Å². The van der Waals surface area contributed by atoms with E-state index in [0.29, 0.717) is 54.3 Å². The number of fused-ring (bicyclic) bond motifs is 1. The molecule has 29 heavy (non-hydrogen) atoms. The molecule has 1 aromatic heterocycles. The summed E-state index contributed by atoms with van der Waals surface area (Å²) in [5.41, 5.74) is 7.52. The standard InChI is InChI=1S/C21H23ClFN3O3/c1-11-18-14(20(27)15(21(28)29)10-26(18)13-2-3-13)8-17(23)19(11)25-6-4-12(5-7-25)16(22)9-24/h8,10,13H,2-7,9,24H2,1H3,(H,28,29). The average Bonchev–Trinajstić information content (AvgIpc) is 3.53. The molecule has 2 aromatic rings. The maximum absolute atomic E-state index is 15.2. The predicted molar refractivity (Wildman–Crippen MR) is 112 cm³/mol. The van der Waals surface area contributed by atoms with E-state index < -0.39 is 17.2 Å². The highest BCUT2D eigenvalue weighted by molar-refractivity contribution is 6.30. The summed E-state index contributed by atoms with van der Waals surface area (Å²) in [6, 6.07) is 1.34. The molecular weight excluding hydrogens is 397 g/mol. The largest absolute Gasteiger partial charge is 0.477 e. The summed E-state index contributed by atoms with van der Waals surface area (Å²) in [4.78, 5) is 26.2. The van der Waals surface area contributed by atoms with Gasteiger partial charge < -0.3 is 20.3 Å². The first-order valence-corrected chi connectivity index (χ1v) is 10.1. The summed E-state index contributed by atoms with van der Waals surface area (Å²) in [6.45, 7) is 3.32. The third-order valence-corrected chi connectivity index (χ3v) is 6.32. The van der Waals surface area contributed by atoms with Gasteiger partial charge in [0, 0.05) is 42.3 Å². The number of hydrogen-bond acceptors (Lipinski definition) is 4. The number of aryl methyl sites for hydroxylation is 1. The minimum Gasteiger partial charge on any atom is -0.477 e. The van der Waals surface area contributed by atoms with E-state index in [1.807, 2.05) is 9.47 Å². The second-order valence-electron chi connectivity index (χ2n) is 7.74. The van der Waals surface area contributed by atoms with E-state index in [4.69, 9.17) is 17.3 Å². The van der Waals surface area contributed by atoms with Crippen LogP contribution in [-0.2, 0) is 0 Å². The van der Waals surface area contributed by atoms with Gasteiger partial charge in [0.2, 0.25) is 5.43 Å². The van der Waals surface area contributed by atoms with Crippen LogP contribution in [-0.4, -0.2) is 35.3 Å². The fourth-order valence-electron chi connectivity index (χ4n) is 4.27. The molecule has 6 nitrogen and oxygen atoms in total. The maximum Gasteiger partial charge on any atom is 0.341 e. The van der Waals surface area contributed by atoms with E-state index in [2.05, 4.69) is 0 Å². The predicted octanol–water partition coefficient (Wildman–Crippen LogP) is 3.53. The van der Waals surface area contributed by atoms with Crippen LogP contribution in [0.2, 0.25) is 0 Å². The quantitative estimate of drug-likeness (QED) is 0.791. The van der Waals surface area contributed by atoms with Gasteiger partial charge in [0.15, 0.2) is 0 Å². The van der Waals surface area contributed by atoms with Gasteiger partial charge in [0.25, 0.3) is 0 Å². The first-order chi connectivity index (χ1) is 13.8. The third kappa shape index (κ3) is 3.42. The Bertz CT molecular complexity index is 1090. The summed E-state index contributed by atoms with van der Waals surface area (Å²) < 4.78 is 17.0. The molecule has 3 N–H and O–H groups in total. The van der Waals surface area contributed by atoms with Gasteiger partial charge in [-0.15, -0.1) is 0 Å². The zero-order valence-corrected chi connectivity index (χ0v) is 16.9. The molecule has 2 fully saturated rings. The molecule has 0 amide bonds. The van der Waals surface area contributed by atoms with Gasteiger partial charge in [-0.25, -0.2) is 9.18 Å². The number of pyridine rings is 1. The van der Waals surface area contributed by atoms with E-state index in [9.17, 15) is 14.7 Å². The van der Waals surface area contributed by atoms with Crippen molar-refractivity contribution in [1.82, 2.24) is 4.57 Å². The van der Waals surface area contributed by atoms with Crippen LogP contribution in [0.15, 0.2) is 27.7 Å². The van der Waals surface area contributed by atoms with Crippen molar-refractivity contribution in [2.24, 2.45) is 5.73 Å². The number of rotatable bonds is 4. The second kappa shape index (κ2) is 7.46. The van der Waals surface area contributed by atoms with Crippen molar-refractivity contribution in [2.45, 2.75) is 38.6 Å². The number of nitrogens with two attached hydrogens (primary N) is 1. The molecule has 0 atom stereocenters. The zero-order chi connectivity index (χ0) is 20.9. The van der Waals surface area contributed by atoms with E-state index >= 15 is 4.39 Å². The van der Waals surface area contributed by atoms with Crippen molar-refractivity contribution in [3.63, 3.8) is 0 Å². The monoisotopic (exact) mass is 419 g/mol. The number of aromatic carboxylic acids is 1. The highest BCUT2D eigenvalue weighted by atomic mass is 35.5. The van der Waals surface area contributed by atoms with Crippen LogP contribution in [0.25, 0.3) is 10.9 Å². The number of anilines is 1. The van der Waals surface area contributed by atoms with Gasteiger partial charge >= 0.3 is 5.97 Å². The Balaban J connectivity index is 1.85. The smallest absolute Gasteiger partial charge is 0.341 e. The maximum atomic E-state index is 15.2. The molecule has 1 saturated carbocycles. The Morgan fingerprint density at radius 2 is 2.00 bits per heavy atom. The fraction of sp³-hybridized carbons (Fsp3) is 0.429. The first kappa shape index (κ1) is 19.9. The minimum absolute atomic E-state index is 0.124. The lowest BCUT2D eigenvalue weighted by Gasteiger charge is -2.33. The van der Waals surface area contributed by atoms with Crippen LogP contribution in [0.5, 0.6) is 0 Å². The first-order valence-electron chi connectivity index (χ1n) is 9.76. The number of carbonyl (C=O) groups is 1. The molecule has 0 bridgehead atoms. The molecule has 1 saturated heterocycles. The van der Waals surface area contributed by atoms with Crippen LogP contribution >= 0.6 is 11.6 Å². The van der Waals surface area contributed by atoms with Crippen molar-refractivity contribution >= 4 is 34.2 Å². The summed E-state index contributed by atoms with van der Waals surface area (Å²) >= 11 is 6.17. The molecular formula is C21H23ClFN3O3. The highest BCUT2D eigenvalue weighted by Crippen LogP contribution is 2.40. The van der Waals surface area contributed by atoms with Gasteiger partial charge in [0.1, 0.15) is 11.4 Å². The number of aromatic nitrogens is 1. The number of halogens is 2. The molecule has 0 unspecified atom stereocenters. The molecule has 1 aliphatic heterocycles. The Morgan fingerprint density at radius 3 is 2.55 bits per heavy atom. The third-order valence-electron chi connectivity index (χ3n) is 5.90. The Kier molecular flexibility index (Phi) is 5.12. The summed E-state index contributed by atoms with van der Waals surface area (Å²) in [6.07, 6.45) is 4.66. The van der Waals surface area contributed by atoms with Gasteiger partial charge in [-0.2, -0.15) is 0 Å². The van der Waals surface area contributed by atoms with Crippen molar-refractivity contribution in [1.29, 1.82) is 0 Å². The summed E-state index contributed by atoms with van der Waals surface area (Å²) in [5, 5.41) is 10.2. The van der Waals surface area contributed by atoms with Crippen LogP contribution < -0.4 is 16.1 Å². The highest BCUT2D eigenvalue weighted by Gasteiger charge is 2.30. The number of benzene rings is 1. The van der Waals surface area contributed by atoms with E-state index in [1.165, 1.54) is 12.3 Å². The van der Waals surface area contributed by atoms with E-state index in [-0.39, 0.29) is 17.0 Å². The number of piperidine rings is 1.